The van der Waals surface area contributed by atoms with Crippen LogP contribution in [0.3, 0.4) is 0 Å². The van der Waals surface area contributed by atoms with Gasteiger partial charge in [0.2, 0.25) is 11.8 Å². The summed E-state index contributed by atoms with van der Waals surface area (Å²) in [5, 5.41) is 14.0. The number of hydrogen-bond acceptors (Lipinski definition) is 3. The summed E-state index contributed by atoms with van der Waals surface area (Å²) in [5.41, 5.74) is -0.864. The number of carbonyl (C=O) groups is 3. The lowest BCUT2D eigenvalue weighted by atomic mass is 9.66. The Labute approximate surface area is 99.8 Å². The largest absolute Gasteiger partial charge is 0.481 e. The van der Waals surface area contributed by atoms with Gasteiger partial charge in [0, 0.05) is 26.4 Å². The van der Waals surface area contributed by atoms with Crippen molar-refractivity contribution in [2.24, 2.45) is 5.41 Å². The molecule has 1 aliphatic carbocycles. The lowest BCUT2D eigenvalue weighted by Gasteiger charge is -2.36. The van der Waals surface area contributed by atoms with Crippen molar-refractivity contribution in [3.8, 4) is 0 Å². The molecular weight excluding hydrogens is 224 g/mol. The summed E-state index contributed by atoms with van der Waals surface area (Å²) < 4.78 is 0. The Hall–Kier alpha value is -1.59. The van der Waals surface area contributed by atoms with Gasteiger partial charge in [-0.25, -0.2) is 0 Å². The molecule has 0 aromatic heterocycles. The van der Waals surface area contributed by atoms with Crippen LogP contribution in [0, 0.1) is 5.41 Å². The number of carbonyl (C=O) groups excluding carboxylic acids is 2. The van der Waals surface area contributed by atoms with Gasteiger partial charge in [-0.1, -0.05) is 6.42 Å². The summed E-state index contributed by atoms with van der Waals surface area (Å²) in [6.45, 7) is 0.244. The Balaban J connectivity index is 2.29. The van der Waals surface area contributed by atoms with Gasteiger partial charge in [0.05, 0.1) is 5.41 Å². The fourth-order valence-electron chi connectivity index (χ4n) is 1.88. The predicted molar refractivity (Wildman–Crippen MR) is 60.2 cm³/mol. The fourth-order valence-corrected chi connectivity index (χ4v) is 1.88. The van der Waals surface area contributed by atoms with Gasteiger partial charge in [0.15, 0.2) is 0 Å². The molecule has 0 spiro atoms. The van der Waals surface area contributed by atoms with Crippen LogP contribution in [-0.2, 0) is 14.4 Å². The van der Waals surface area contributed by atoms with Crippen LogP contribution in [-0.4, -0.2) is 36.5 Å². The van der Waals surface area contributed by atoms with Crippen LogP contribution in [0.4, 0.5) is 0 Å². The zero-order valence-corrected chi connectivity index (χ0v) is 9.91. The van der Waals surface area contributed by atoms with Crippen LogP contribution in [0.2, 0.25) is 0 Å². The third kappa shape index (κ3) is 3.44. The third-order valence-corrected chi connectivity index (χ3v) is 3.22. The smallest absolute Gasteiger partial charge is 0.310 e. The van der Waals surface area contributed by atoms with E-state index in [2.05, 4.69) is 10.6 Å². The maximum absolute atomic E-state index is 11.5. The molecular formula is C11H18N2O4. The van der Waals surface area contributed by atoms with Crippen LogP contribution in [0.25, 0.3) is 0 Å². The van der Waals surface area contributed by atoms with Crippen molar-refractivity contribution >= 4 is 17.8 Å². The molecule has 1 rings (SSSR count). The summed E-state index contributed by atoms with van der Waals surface area (Å²) >= 11 is 0. The van der Waals surface area contributed by atoms with Crippen molar-refractivity contribution in [3.63, 3.8) is 0 Å². The van der Waals surface area contributed by atoms with E-state index in [1.807, 2.05) is 0 Å². The molecule has 0 radical (unpaired) electrons. The monoisotopic (exact) mass is 242 g/mol. The second-order valence-corrected chi connectivity index (χ2v) is 4.39. The van der Waals surface area contributed by atoms with Crippen LogP contribution in [0.5, 0.6) is 0 Å². The average Bonchev–Trinajstić information content (AvgIpc) is 2.22. The average molecular weight is 242 g/mol. The molecule has 0 atom stereocenters. The Morgan fingerprint density at radius 1 is 1.24 bits per heavy atom. The van der Waals surface area contributed by atoms with Crippen molar-refractivity contribution in [2.45, 2.75) is 32.1 Å². The molecule has 3 N–H and O–H groups in total. The second-order valence-electron chi connectivity index (χ2n) is 4.39. The third-order valence-electron chi connectivity index (χ3n) is 3.22. The SMILES string of the molecule is CNC(=O)CCNC(=O)CC1(C(=O)O)CCC1. The first-order valence-corrected chi connectivity index (χ1v) is 5.71. The van der Waals surface area contributed by atoms with Gasteiger partial charge in [-0.15, -0.1) is 0 Å². The molecule has 0 aromatic rings. The van der Waals surface area contributed by atoms with Crippen LogP contribution < -0.4 is 10.6 Å². The molecule has 0 heterocycles. The molecule has 1 aliphatic rings. The van der Waals surface area contributed by atoms with Crippen molar-refractivity contribution in [2.75, 3.05) is 13.6 Å². The minimum absolute atomic E-state index is 0.01000. The quantitative estimate of drug-likeness (QED) is 0.605. The first-order valence-electron chi connectivity index (χ1n) is 5.71. The topological polar surface area (TPSA) is 95.5 Å². The highest BCUT2D eigenvalue weighted by Gasteiger charge is 2.45. The summed E-state index contributed by atoms with van der Waals surface area (Å²) in [6, 6.07) is 0. The normalized spacial score (nSPS) is 16.8. The molecule has 0 bridgehead atoms. The predicted octanol–water partition coefficient (Wildman–Crippen LogP) is -0.116. The Morgan fingerprint density at radius 2 is 1.88 bits per heavy atom. The van der Waals surface area contributed by atoms with E-state index in [1.165, 1.54) is 7.05 Å². The molecule has 6 nitrogen and oxygen atoms in total. The van der Waals surface area contributed by atoms with Gasteiger partial charge >= 0.3 is 5.97 Å². The zero-order valence-electron chi connectivity index (χ0n) is 9.91. The van der Waals surface area contributed by atoms with Crippen LogP contribution in [0.15, 0.2) is 0 Å². The first-order chi connectivity index (χ1) is 8.00. The summed E-state index contributed by atoms with van der Waals surface area (Å²) in [6.07, 6.45) is 2.20. The Kier molecular flexibility index (Phi) is 4.48. The van der Waals surface area contributed by atoms with E-state index in [0.29, 0.717) is 12.8 Å². The maximum atomic E-state index is 11.5. The number of carboxylic acid groups (broad SMARTS) is 1. The molecule has 0 aliphatic heterocycles. The number of nitrogens with one attached hydrogen (secondary N) is 2. The van der Waals surface area contributed by atoms with Gasteiger partial charge in [0.1, 0.15) is 0 Å². The molecule has 0 saturated heterocycles. The van der Waals surface area contributed by atoms with E-state index in [0.717, 1.165) is 6.42 Å². The van der Waals surface area contributed by atoms with E-state index in [1.54, 1.807) is 0 Å². The molecule has 1 saturated carbocycles. The van der Waals surface area contributed by atoms with Gasteiger partial charge in [-0.05, 0) is 12.8 Å². The Morgan fingerprint density at radius 3 is 2.29 bits per heavy atom. The highest BCUT2D eigenvalue weighted by molar-refractivity contribution is 5.86. The molecule has 0 unspecified atom stereocenters. The number of rotatable bonds is 6. The lowest BCUT2D eigenvalue weighted by molar-refractivity contribution is -0.157. The highest BCUT2D eigenvalue weighted by atomic mass is 16.4. The van der Waals surface area contributed by atoms with Gasteiger partial charge in [-0.2, -0.15) is 0 Å². The summed E-state index contributed by atoms with van der Waals surface area (Å²) in [4.78, 5) is 33.4. The number of carboxylic acids is 1. The molecule has 17 heavy (non-hydrogen) atoms. The van der Waals surface area contributed by atoms with Crippen molar-refractivity contribution in [1.82, 2.24) is 10.6 Å². The fraction of sp³-hybridized carbons (Fsp3) is 0.727. The molecule has 96 valence electrons. The maximum Gasteiger partial charge on any atom is 0.310 e. The van der Waals surface area contributed by atoms with E-state index >= 15 is 0 Å². The van der Waals surface area contributed by atoms with Gasteiger partial charge in [-0.3, -0.25) is 14.4 Å². The van der Waals surface area contributed by atoms with E-state index in [9.17, 15) is 14.4 Å². The summed E-state index contributed by atoms with van der Waals surface area (Å²) in [5.74, 6) is -1.34. The second kappa shape index (κ2) is 5.65. The molecule has 6 heteroatoms. The first kappa shape index (κ1) is 13.5. The van der Waals surface area contributed by atoms with Gasteiger partial charge in [0.25, 0.3) is 0 Å². The number of amides is 2. The summed E-state index contributed by atoms with van der Waals surface area (Å²) in [7, 11) is 1.53. The van der Waals surface area contributed by atoms with E-state index in [-0.39, 0.29) is 31.2 Å². The van der Waals surface area contributed by atoms with E-state index in [4.69, 9.17) is 5.11 Å². The van der Waals surface area contributed by atoms with Crippen molar-refractivity contribution in [3.05, 3.63) is 0 Å². The lowest BCUT2D eigenvalue weighted by Crippen LogP contribution is -2.43. The molecule has 2 amide bonds. The number of hydrogen-bond donors (Lipinski definition) is 3. The molecule has 0 aromatic carbocycles. The standard InChI is InChI=1S/C11H18N2O4/c1-12-8(14)3-6-13-9(15)7-11(10(16)17)4-2-5-11/h2-7H2,1H3,(H,12,14)(H,13,15)(H,16,17). The van der Waals surface area contributed by atoms with Crippen molar-refractivity contribution in [1.29, 1.82) is 0 Å². The van der Waals surface area contributed by atoms with Gasteiger partial charge < -0.3 is 15.7 Å². The van der Waals surface area contributed by atoms with Crippen molar-refractivity contribution < 1.29 is 19.5 Å². The Bertz CT molecular complexity index is 323. The number of aliphatic carboxylic acids is 1. The minimum atomic E-state index is -0.898. The van der Waals surface area contributed by atoms with E-state index < -0.39 is 11.4 Å². The molecule has 1 fully saturated rings. The zero-order chi connectivity index (χ0) is 12.9. The highest BCUT2D eigenvalue weighted by Crippen LogP contribution is 2.44. The van der Waals surface area contributed by atoms with Crippen LogP contribution in [0.1, 0.15) is 32.1 Å². The van der Waals surface area contributed by atoms with Crippen LogP contribution >= 0.6 is 0 Å². The minimum Gasteiger partial charge on any atom is -0.481 e.